The Hall–Kier alpha value is -1.17. The maximum Gasteiger partial charge on any atom is 0.0535 e. The summed E-state index contributed by atoms with van der Waals surface area (Å²) in [5.74, 6) is 0.549. The van der Waals surface area contributed by atoms with Crippen LogP contribution in [-0.4, -0.2) is 12.8 Å². The predicted octanol–water partition coefficient (Wildman–Crippen LogP) is 4.26. The standard InChI is InChI=1S/C18H24OP/c1-4-20(19-15-16(2)3,17-11-7-5-8-12-17)18-13-9-6-10-14-18/h5-14,16H,4,15H2,1-3H3. The van der Waals surface area contributed by atoms with Gasteiger partial charge in [-0.15, -0.1) is 0 Å². The molecule has 107 valence electrons. The van der Waals surface area contributed by atoms with Gasteiger partial charge in [-0.25, -0.2) is 0 Å². The Morgan fingerprint density at radius 2 is 1.30 bits per heavy atom. The molecule has 0 aliphatic carbocycles. The Balaban J connectivity index is 2.46. The minimum atomic E-state index is -1.74. The first-order valence-corrected chi connectivity index (χ1v) is 9.22. The monoisotopic (exact) mass is 287 g/mol. The van der Waals surface area contributed by atoms with Gasteiger partial charge in [0.25, 0.3) is 0 Å². The average Bonchev–Trinajstić information content (AvgIpc) is 2.50. The van der Waals surface area contributed by atoms with Gasteiger partial charge in [-0.05, 0) is 12.1 Å². The van der Waals surface area contributed by atoms with Gasteiger partial charge in [0, 0.05) is 18.1 Å². The third kappa shape index (κ3) is 3.29. The Morgan fingerprint density at radius 3 is 1.65 bits per heavy atom. The van der Waals surface area contributed by atoms with Crippen LogP contribution in [0.25, 0.3) is 0 Å². The molecule has 0 aliphatic rings. The highest BCUT2D eigenvalue weighted by Crippen LogP contribution is 2.57. The maximum atomic E-state index is 6.52. The number of hydrogen-bond acceptors (Lipinski definition) is 1. The third-order valence-corrected chi connectivity index (χ3v) is 7.17. The van der Waals surface area contributed by atoms with Crippen molar-refractivity contribution in [3.63, 3.8) is 0 Å². The van der Waals surface area contributed by atoms with Crippen molar-refractivity contribution in [2.24, 2.45) is 5.92 Å². The van der Waals surface area contributed by atoms with Crippen molar-refractivity contribution < 1.29 is 4.52 Å². The Morgan fingerprint density at radius 1 is 0.850 bits per heavy atom. The van der Waals surface area contributed by atoms with Gasteiger partial charge in [-0.2, -0.15) is 0 Å². The Bertz CT molecular complexity index is 468. The second kappa shape index (κ2) is 7.02. The minimum absolute atomic E-state index is 0.549. The van der Waals surface area contributed by atoms with E-state index in [1.165, 1.54) is 10.6 Å². The van der Waals surface area contributed by atoms with Crippen LogP contribution in [-0.2, 0) is 4.52 Å². The van der Waals surface area contributed by atoms with Gasteiger partial charge in [0.2, 0.25) is 0 Å². The molecule has 2 aromatic carbocycles. The molecule has 2 aromatic rings. The smallest absolute Gasteiger partial charge is 0.0535 e. The second-order valence-corrected chi connectivity index (χ2v) is 8.82. The molecule has 0 fully saturated rings. The Kier molecular flexibility index (Phi) is 5.34. The van der Waals surface area contributed by atoms with Crippen LogP contribution in [0.15, 0.2) is 60.7 Å². The summed E-state index contributed by atoms with van der Waals surface area (Å²) in [5.41, 5.74) is 0. The zero-order valence-corrected chi connectivity index (χ0v) is 13.5. The van der Waals surface area contributed by atoms with Crippen LogP contribution < -0.4 is 10.6 Å². The van der Waals surface area contributed by atoms with Gasteiger partial charge in [-0.3, -0.25) is 0 Å². The molecule has 0 aromatic heterocycles. The third-order valence-electron chi connectivity index (χ3n) is 3.42. The van der Waals surface area contributed by atoms with Crippen LogP contribution >= 0.6 is 7.49 Å². The molecule has 0 saturated carbocycles. The molecule has 0 heterocycles. The van der Waals surface area contributed by atoms with Gasteiger partial charge in [0.05, 0.1) is 6.61 Å². The summed E-state index contributed by atoms with van der Waals surface area (Å²) in [6.07, 6.45) is 1.04. The fourth-order valence-corrected chi connectivity index (χ4v) is 5.74. The minimum Gasteiger partial charge on any atom is -0.356 e. The SMILES string of the molecule is CC[P](OCC(C)C)(c1ccccc1)c1ccccc1. The largest absolute Gasteiger partial charge is 0.356 e. The molecule has 0 amide bonds. The molecule has 0 saturated heterocycles. The zero-order valence-electron chi connectivity index (χ0n) is 12.6. The first kappa shape index (κ1) is 15.2. The topological polar surface area (TPSA) is 9.23 Å². The molecular weight excluding hydrogens is 263 g/mol. The number of hydrogen-bond donors (Lipinski definition) is 0. The van der Waals surface area contributed by atoms with E-state index in [-0.39, 0.29) is 0 Å². The summed E-state index contributed by atoms with van der Waals surface area (Å²) < 4.78 is 6.52. The number of benzene rings is 2. The Labute approximate surface area is 123 Å². The highest BCUT2D eigenvalue weighted by molar-refractivity contribution is 7.85. The lowest BCUT2D eigenvalue weighted by Crippen LogP contribution is -2.27. The summed E-state index contributed by atoms with van der Waals surface area (Å²) in [6, 6.07) is 21.4. The zero-order chi connectivity index (χ0) is 14.4. The normalized spacial score (nSPS) is 11.8. The van der Waals surface area contributed by atoms with Gasteiger partial charge in [-0.1, -0.05) is 81.4 Å². The van der Waals surface area contributed by atoms with E-state index in [9.17, 15) is 0 Å². The molecule has 0 atom stereocenters. The highest BCUT2D eigenvalue weighted by atomic mass is 31.2. The van der Waals surface area contributed by atoms with E-state index < -0.39 is 7.49 Å². The van der Waals surface area contributed by atoms with Gasteiger partial charge in [0.15, 0.2) is 0 Å². The lowest BCUT2D eigenvalue weighted by molar-refractivity contribution is 0.296. The molecule has 0 bridgehead atoms. The van der Waals surface area contributed by atoms with E-state index in [1.807, 2.05) is 0 Å². The van der Waals surface area contributed by atoms with Crippen LogP contribution in [0.3, 0.4) is 0 Å². The van der Waals surface area contributed by atoms with E-state index in [2.05, 4.69) is 81.4 Å². The van der Waals surface area contributed by atoms with Crippen molar-refractivity contribution in [1.82, 2.24) is 0 Å². The van der Waals surface area contributed by atoms with E-state index in [1.54, 1.807) is 0 Å². The van der Waals surface area contributed by atoms with Crippen molar-refractivity contribution in [2.75, 3.05) is 12.8 Å². The second-order valence-electron chi connectivity index (χ2n) is 5.42. The van der Waals surface area contributed by atoms with E-state index in [4.69, 9.17) is 4.52 Å². The lowest BCUT2D eigenvalue weighted by Gasteiger charge is -2.37. The van der Waals surface area contributed by atoms with Crippen molar-refractivity contribution in [3.8, 4) is 0 Å². The van der Waals surface area contributed by atoms with Crippen molar-refractivity contribution >= 4 is 18.1 Å². The molecule has 0 spiro atoms. The van der Waals surface area contributed by atoms with Crippen molar-refractivity contribution in [1.29, 1.82) is 0 Å². The average molecular weight is 287 g/mol. The van der Waals surface area contributed by atoms with Crippen LogP contribution in [0.4, 0.5) is 0 Å². The fourth-order valence-electron chi connectivity index (χ4n) is 2.37. The molecule has 1 nitrogen and oxygen atoms in total. The van der Waals surface area contributed by atoms with Gasteiger partial charge in [0.1, 0.15) is 0 Å². The molecule has 0 N–H and O–H groups in total. The first-order chi connectivity index (χ1) is 9.69. The van der Waals surface area contributed by atoms with Crippen molar-refractivity contribution in [3.05, 3.63) is 60.7 Å². The van der Waals surface area contributed by atoms with Crippen LogP contribution in [0, 0.1) is 5.92 Å². The quantitative estimate of drug-likeness (QED) is 0.721. The van der Waals surface area contributed by atoms with Crippen molar-refractivity contribution in [2.45, 2.75) is 20.8 Å². The first-order valence-electron chi connectivity index (χ1n) is 7.33. The van der Waals surface area contributed by atoms with E-state index >= 15 is 0 Å². The molecule has 0 aliphatic heterocycles. The van der Waals surface area contributed by atoms with Gasteiger partial charge >= 0.3 is 0 Å². The summed E-state index contributed by atoms with van der Waals surface area (Å²) >= 11 is 0. The number of rotatable bonds is 6. The maximum absolute atomic E-state index is 6.52. The molecule has 2 heteroatoms. The molecule has 2 rings (SSSR count). The van der Waals surface area contributed by atoms with Gasteiger partial charge < -0.3 is 4.52 Å². The molecule has 1 radical (unpaired) electrons. The highest BCUT2D eigenvalue weighted by Gasteiger charge is 2.31. The predicted molar refractivity (Wildman–Crippen MR) is 90.4 cm³/mol. The summed E-state index contributed by atoms with van der Waals surface area (Å²) in [6.45, 7) is 7.47. The van der Waals surface area contributed by atoms with E-state index in [0.717, 1.165) is 12.8 Å². The van der Waals surface area contributed by atoms with E-state index in [0.29, 0.717) is 5.92 Å². The summed E-state index contributed by atoms with van der Waals surface area (Å²) in [4.78, 5) is 0. The van der Waals surface area contributed by atoms with Crippen LogP contribution in [0.2, 0.25) is 0 Å². The lowest BCUT2D eigenvalue weighted by atomic mass is 10.2. The van der Waals surface area contributed by atoms with Crippen LogP contribution in [0.1, 0.15) is 20.8 Å². The fraction of sp³-hybridized carbons (Fsp3) is 0.333. The molecular formula is C18H24OP. The van der Waals surface area contributed by atoms with Crippen LogP contribution in [0.5, 0.6) is 0 Å². The molecule has 0 unspecified atom stereocenters. The summed E-state index contributed by atoms with van der Waals surface area (Å²) in [7, 11) is -1.74. The summed E-state index contributed by atoms with van der Waals surface area (Å²) in [5, 5.41) is 2.68. The molecule has 20 heavy (non-hydrogen) atoms.